The van der Waals surface area contributed by atoms with Crippen LogP contribution >= 0.6 is 11.8 Å². The molecule has 0 saturated carbocycles. The molecule has 2 aromatic carbocycles. The van der Waals surface area contributed by atoms with Crippen molar-refractivity contribution in [2.75, 3.05) is 11.9 Å². The number of hydrogen-bond donors (Lipinski definition) is 2. The molecule has 0 fully saturated rings. The van der Waals surface area contributed by atoms with E-state index >= 15 is 0 Å². The maximum Gasteiger partial charge on any atom is 0.255 e. The number of thioether (sulfide) groups is 1. The molecule has 0 saturated heterocycles. The molecule has 2 rings (SSSR count). The molecule has 146 valence electrons. The number of amides is 1. The fourth-order valence-corrected chi connectivity index (χ4v) is 4.55. The van der Waals surface area contributed by atoms with Crippen LogP contribution < -0.4 is 10.0 Å². The summed E-state index contributed by atoms with van der Waals surface area (Å²) >= 11 is 1.80. The van der Waals surface area contributed by atoms with Gasteiger partial charge in [0, 0.05) is 27.9 Å². The Balaban J connectivity index is 2.18. The van der Waals surface area contributed by atoms with Gasteiger partial charge in [0.05, 0.1) is 4.90 Å². The Hall–Kier alpha value is -1.83. The lowest BCUT2D eigenvalue weighted by molar-refractivity contribution is 0.102. The monoisotopic (exact) mass is 406 g/mol. The number of aryl methyl sites for hydroxylation is 1. The van der Waals surface area contributed by atoms with Crippen molar-refractivity contribution in [2.24, 2.45) is 0 Å². The van der Waals surface area contributed by atoms with Crippen LogP contribution in [-0.4, -0.2) is 26.1 Å². The fourth-order valence-electron chi connectivity index (χ4n) is 2.44. The molecule has 7 heteroatoms. The normalized spacial score (nSPS) is 12.6. The summed E-state index contributed by atoms with van der Waals surface area (Å²) < 4.78 is 26.7. The Morgan fingerprint density at radius 2 is 1.89 bits per heavy atom. The fraction of sp³-hybridized carbons (Fsp3) is 0.350. The molecule has 2 aromatic rings. The molecule has 5 nitrogen and oxygen atoms in total. The third kappa shape index (κ3) is 5.82. The molecule has 0 aliphatic carbocycles. The summed E-state index contributed by atoms with van der Waals surface area (Å²) in [5.41, 5.74) is 1.98. The molecule has 1 unspecified atom stereocenters. The predicted octanol–water partition coefficient (Wildman–Crippen LogP) is 4.44. The van der Waals surface area contributed by atoms with E-state index in [-0.39, 0.29) is 10.8 Å². The van der Waals surface area contributed by atoms with E-state index in [1.807, 2.05) is 19.1 Å². The number of nitrogens with one attached hydrogen (secondary N) is 2. The number of carbonyl (C=O) groups excluding carboxylic acids is 1. The van der Waals surface area contributed by atoms with E-state index in [1.54, 1.807) is 30.8 Å². The zero-order valence-electron chi connectivity index (χ0n) is 16.1. The summed E-state index contributed by atoms with van der Waals surface area (Å²) in [6.07, 6.45) is 1.09. The first-order chi connectivity index (χ1) is 12.8. The average Bonchev–Trinajstić information content (AvgIpc) is 2.64. The molecule has 0 aliphatic rings. The number of benzene rings is 2. The van der Waals surface area contributed by atoms with Crippen LogP contribution in [-0.2, 0) is 10.0 Å². The summed E-state index contributed by atoms with van der Waals surface area (Å²) in [6, 6.07) is 12.0. The van der Waals surface area contributed by atoms with Gasteiger partial charge in [-0.2, -0.15) is 0 Å². The van der Waals surface area contributed by atoms with Crippen molar-refractivity contribution in [3.05, 3.63) is 53.6 Å². The van der Waals surface area contributed by atoms with Gasteiger partial charge in [0.25, 0.3) is 5.91 Å². The zero-order chi connectivity index (χ0) is 20.0. The van der Waals surface area contributed by atoms with Gasteiger partial charge in [-0.05, 0) is 55.3 Å². The first-order valence-corrected chi connectivity index (χ1v) is 11.3. The SMILES string of the molecule is CCNS(=O)(=O)c1cccc(C(=O)Nc2ccc(SC(C)CC)cc2C)c1. The van der Waals surface area contributed by atoms with Crippen LogP contribution in [0.1, 0.15) is 43.1 Å². The molecule has 0 heterocycles. The predicted molar refractivity (Wildman–Crippen MR) is 112 cm³/mol. The lowest BCUT2D eigenvalue weighted by atomic mass is 10.1. The summed E-state index contributed by atoms with van der Waals surface area (Å²) in [4.78, 5) is 13.8. The quantitative estimate of drug-likeness (QED) is 0.636. The lowest BCUT2D eigenvalue weighted by Crippen LogP contribution is -2.23. The van der Waals surface area contributed by atoms with Gasteiger partial charge in [0.2, 0.25) is 10.0 Å². The lowest BCUT2D eigenvalue weighted by Gasteiger charge is -2.13. The standard InChI is InChI=1S/C20H26N2O3S2/c1-5-15(4)26-17-10-11-19(14(3)12-17)22-20(23)16-8-7-9-18(13-16)27(24,25)21-6-2/h7-13,15,21H,5-6H2,1-4H3,(H,22,23). The highest BCUT2D eigenvalue weighted by Gasteiger charge is 2.16. The van der Waals surface area contributed by atoms with Crippen LogP contribution in [0.3, 0.4) is 0 Å². The van der Waals surface area contributed by atoms with Crippen molar-refractivity contribution in [3.8, 4) is 0 Å². The van der Waals surface area contributed by atoms with Gasteiger partial charge in [0.1, 0.15) is 0 Å². The maximum atomic E-state index is 12.6. The third-order valence-electron chi connectivity index (χ3n) is 4.10. The first-order valence-electron chi connectivity index (χ1n) is 8.95. The summed E-state index contributed by atoms with van der Waals surface area (Å²) in [7, 11) is -3.60. The van der Waals surface area contributed by atoms with Crippen LogP contribution in [0.25, 0.3) is 0 Å². The molecule has 0 bridgehead atoms. The van der Waals surface area contributed by atoms with E-state index in [4.69, 9.17) is 0 Å². The van der Waals surface area contributed by atoms with Gasteiger partial charge in [-0.1, -0.05) is 26.8 Å². The largest absolute Gasteiger partial charge is 0.322 e. The van der Waals surface area contributed by atoms with Crippen molar-refractivity contribution in [2.45, 2.75) is 49.2 Å². The number of hydrogen-bond acceptors (Lipinski definition) is 4. The van der Waals surface area contributed by atoms with E-state index in [1.165, 1.54) is 17.0 Å². The number of anilines is 1. The van der Waals surface area contributed by atoms with Crippen LogP contribution in [0.5, 0.6) is 0 Å². The second-order valence-corrected chi connectivity index (χ2v) is 9.58. The minimum Gasteiger partial charge on any atom is -0.322 e. The third-order valence-corrected chi connectivity index (χ3v) is 6.90. The molecule has 0 spiro atoms. The molecule has 27 heavy (non-hydrogen) atoms. The minimum absolute atomic E-state index is 0.0778. The Morgan fingerprint density at radius 1 is 1.15 bits per heavy atom. The molecule has 1 amide bonds. The average molecular weight is 407 g/mol. The second-order valence-electron chi connectivity index (χ2n) is 6.30. The minimum atomic E-state index is -3.60. The second kappa shape index (κ2) is 9.39. The molecule has 0 aromatic heterocycles. The van der Waals surface area contributed by atoms with E-state index in [9.17, 15) is 13.2 Å². The Labute approximate surface area is 166 Å². The van der Waals surface area contributed by atoms with E-state index in [2.05, 4.69) is 30.0 Å². The highest BCUT2D eigenvalue weighted by Crippen LogP contribution is 2.28. The molecule has 0 aliphatic heterocycles. The van der Waals surface area contributed by atoms with Gasteiger partial charge in [-0.3, -0.25) is 4.79 Å². The van der Waals surface area contributed by atoms with Crippen molar-refractivity contribution < 1.29 is 13.2 Å². The number of sulfonamides is 1. The zero-order valence-corrected chi connectivity index (χ0v) is 17.7. The van der Waals surface area contributed by atoms with Gasteiger partial charge in [-0.15, -0.1) is 11.8 Å². The van der Waals surface area contributed by atoms with Crippen LogP contribution in [0, 0.1) is 6.92 Å². The summed E-state index contributed by atoms with van der Waals surface area (Å²) in [5.74, 6) is -0.339. The van der Waals surface area contributed by atoms with Crippen molar-refractivity contribution in [3.63, 3.8) is 0 Å². The van der Waals surface area contributed by atoms with Gasteiger partial charge in [0.15, 0.2) is 0 Å². The summed E-state index contributed by atoms with van der Waals surface area (Å²) in [6.45, 7) is 8.29. The van der Waals surface area contributed by atoms with Gasteiger partial charge in [-0.25, -0.2) is 13.1 Å². The molecule has 1 atom stereocenters. The summed E-state index contributed by atoms with van der Waals surface area (Å²) in [5, 5.41) is 3.40. The van der Waals surface area contributed by atoms with E-state index in [0.717, 1.165) is 12.0 Å². The molecule has 2 N–H and O–H groups in total. The van der Waals surface area contributed by atoms with Crippen LogP contribution in [0.4, 0.5) is 5.69 Å². The maximum absolute atomic E-state index is 12.6. The van der Waals surface area contributed by atoms with E-state index < -0.39 is 10.0 Å². The number of carbonyl (C=O) groups is 1. The number of rotatable bonds is 8. The van der Waals surface area contributed by atoms with Crippen LogP contribution in [0.2, 0.25) is 0 Å². The molecular weight excluding hydrogens is 380 g/mol. The molecular formula is C20H26N2O3S2. The van der Waals surface area contributed by atoms with E-state index in [0.29, 0.717) is 23.0 Å². The Morgan fingerprint density at radius 3 is 2.52 bits per heavy atom. The van der Waals surface area contributed by atoms with Crippen molar-refractivity contribution in [1.29, 1.82) is 0 Å². The van der Waals surface area contributed by atoms with Gasteiger partial charge < -0.3 is 5.32 Å². The topological polar surface area (TPSA) is 75.3 Å². The van der Waals surface area contributed by atoms with Crippen LogP contribution in [0.15, 0.2) is 52.3 Å². The Bertz CT molecular complexity index is 911. The highest BCUT2D eigenvalue weighted by molar-refractivity contribution is 7.99. The smallest absolute Gasteiger partial charge is 0.255 e. The van der Waals surface area contributed by atoms with Crippen molar-refractivity contribution in [1.82, 2.24) is 4.72 Å². The van der Waals surface area contributed by atoms with Gasteiger partial charge >= 0.3 is 0 Å². The molecule has 0 radical (unpaired) electrons. The van der Waals surface area contributed by atoms with Crippen molar-refractivity contribution >= 4 is 33.4 Å². The highest BCUT2D eigenvalue weighted by atomic mass is 32.2. The Kier molecular flexibility index (Phi) is 7.47. The first kappa shape index (κ1) is 21.5.